The Morgan fingerprint density at radius 3 is 2.43 bits per heavy atom. The third kappa shape index (κ3) is 8.20. The number of carboxylic acid groups (broad SMARTS) is 1. The number of amides is 2. The summed E-state index contributed by atoms with van der Waals surface area (Å²) in [5.41, 5.74) is 0.304. The molecule has 0 bridgehead atoms. The maximum Gasteiger partial charge on any atom is 0.416 e. The van der Waals surface area contributed by atoms with Crippen LogP contribution in [-0.4, -0.2) is 66.1 Å². The highest BCUT2D eigenvalue weighted by Gasteiger charge is 2.23. The van der Waals surface area contributed by atoms with Crippen LogP contribution in [0.1, 0.15) is 45.6 Å². The molecule has 192 valence electrons. The molecule has 3 N–H and O–H groups in total. The average Bonchev–Trinajstić information content (AvgIpc) is 3.13. The molecule has 0 aliphatic heterocycles. The number of aromatic nitrogens is 1. The van der Waals surface area contributed by atoms with Crippen molar-refractivity contribution in [3.63, 3.8) is 0 Å². The minimum absolute atomic E-state index is 0.141. The minimum atomic E-state index is -1.18. The third-order valence-corrected chi connectivity index (χ3v) is 5.06. The number of esters is 1. The quantitative estimate of drug-likeness (QED) is 0.340. The van der Waals surface area contributed by atoms with E-state index in [0.29, 0.717) is 48.0 Å². The Morgan fingerprint density at radius 1 is 1.11 bits per heavy atom. The van der Waals surface area contributed by atoms with Gasteiger partial charge in [0.15, 0.2) is 0 Å². The summed E-state index contributed by atoms with van der Waals surface area (Å²) in [4.78, 5) is 48.2. The molecule has 2 aromatic rings. The fraction of sp³-hybridized carbons (Fsp3) is 0.500. The van der Waals surface area contributed by atoms with Gasteiger partial charge in [0.1, 0.15) is 17.4 Å². The van der Waals surface area contributed by atoms with Crippen LogP contribution in [0.25, 0.3) is 10.9 Å². The van der Waals surface area contributed by atoms with Crippen LogP contribution in [0, 0.1) is 0 Å². The van der Waals surface area contributed by atoms with E-state index >= 15 is 0 Å². The zero-order chi connectivity index (χ0) is 26.2. The second-order valence-corrected chi connectivity index (χ2v) is 8.93. The van der Waals surface area contributed by atoms with Crippen molar-refractivity contribution in [2.75, 3.05) is 20.8 Å². The Bertz CT molecular complexity index is 1070. The molecular weight excluding hydrogens is 458 g/mol. The van der Waals surface area contributed by atoms with Crippen molar-refractivity contribution in [2.24, 2.45) is 0 Å². The standard InChI is InChI=1S/C24H33N3O8/c1-24(2,3)35-22(30)25-11-7-6-8-18(21(29)34-5)26-20(28)12-15-14-27(23(31)32)19-10-9-16(33-4)13-17(15)19/h9-10,13-14,18H,6-8,11-12H2,1-5H3,(H,25,30)(H,26,28)(H,31,32)/t18-/m0/s1. The fourth-order valence-electron chi connectivity index (χ4n) is 3.49. The number of unbranched alkanes of at least 4 members (excludes halogenated alkanes) is 1. The summed E-state index contributed by atoms with van der Waals surface area (Å²) < 4.78 is 16.2. The van der Waals surface area contributed by atoms with Crippen LogP contribution in [0.4, 0.5) is 9.59 Å². The summed E-state index contributed by atoms with van der Waals surface area (Å²) in [7, 11) is 2.73. The predicted octanol–water partition coefficient (Wildman–Crippen LogP) is 3.07. The zero-order valence-electron chi connectivity index (χ0n) is 20.7. The van der Waals surface area contributed by atoms with Crippen molar-refractivity contribution < 1.29 is 38.5 Å². The second kappa shape index (κ2) is 12.1. The first-order chi connectivity index (χ1) is 16.4. The van der Waals surface area contributed by atoms with Crippen LogP contribution in [0.15, 0.2) is 24.4 Å². The van der Waals surface area contributed by atoms with E-state index in [1.807, 2.05) is 0 Å². The lowest BCUT2D eigenvalue weighted by molar-refractivity contribution is -0.145. The number of methoxy groups -OCH3 is 2. The molecule has 1 atom stereocenters. The van der Waals surface area contributed by atoms with Gasteiger partial charge < -0.3 is 30.0 Å². The largest absolute Gasteiger partial charge is 0.497 e. The van der Waals surface area contributed by atoms with Gasteiger partial charge in [0.25, 0.3) is 0 Å². The number of nitrogens with zero attached hydrogens (tertiary/aromatic N) is 1. The van der Waals surface area contributed by atoms with Gasteiger partial charge in [0, 0.05) is 18.1 Å². The smallest absolute Gasteiger partial charge is 0.416 e. The van der Waals surface area contributed by atoms with Crippen LogP contribution in [0.5, 0.6) is 5.75 Å². The van der Waals surface area contributed by atoms with Crippen molar-refractivity contribution in [1.29, 1.82) is 0 Å². The number of fused-ring (bicyclic) bond motifs is 1. The first-order valence-corrected chi connectivity index (χ1v) is 11.2. The fourth-order valence-corrected chi connectivity index (χ4v) is 3.49. The predicted molar refractivity (Wildman–Crippen MR) is 128 cm³/mol. The maximum absolute atomic E-state index is 12.8. The highest BCUT2D eigenvalue weighted by molar-refractivity contribution is 5.95. The van der Waals surface area contributed by atoms with Crippen LogP contribution >= 0.6 is 0 Å². The van der Waals surface area contributed by atoms with Crippen LogP contribution in [0.3, 0.4) is 0 Å². The molecular formula is C24H33N3O8. The van der Waals surface area contributed by atoms with Gasteiger partial charge in [-0.3, -0.25) is 9.36 Å². The van der Waals surface area contributed by atoms with Gasteiger partial charge in [0.05, 0.1) is 26.2 Å². The summed E-state index contributed by atoms with van der Waals surface area (Å²) >= 11 is 0. The van der Waals surface area contributed by atoms with E-state index in [1.54, 1.807) is 39.0 Å². The topological polar surface area (TPSA) is 145 Å². The van der Waals surface area contributed by atoms with E-state index in [0.717, 1.165) is 4.57 Å². The van der Waals surface area contributed by atoms with Gasteiger partial charge in [-0.15, -0.1) is 0 Å². The van der Waals surface area contributed by atoms with Crippen molar-refractivity contribution in [1.82, 2.24) is 15.2 Å². The molecule has 1 aromatic heterocycles. The number of rotatable bonds is 10. The summed E-state index contributed by atoms with van der Waals surface area (Å²) in [6.07, 6.45) is 0.935. The molecule has 0 spiro atoms. The lowest BCUT2D eigenvalue weighted by Gasteiger charge is -2.20. The van der Waals surface area contributed by atoms with Crippen molar-refractivity contribution in [3.8, 4) is 5.75 Å². The molecule has 0 saturated carbocycles. The van der Waals surface area contributed by atoms with E-state index in [1.165, 1.54) is 20.4 Å². The molecule has 0 unspecified atom stereocenters. The maximum atomic E-state index is 12.8. The van der Waals surface area contributed by atoms with E-state index < -0.39 is 35.7 Å². The van der Waals surface area contributed by atoms with Gasteiger partial charge in [-0.25, -0.2) is 14.4 Å². The molecule has 1 heterocycles. The molecule has 35 heavy (non-hydrogen) atoms. The van der Waals surface area contributed by atoms with Crippen molar-refractivity contribution in [3.05, 3.63) is 30.0 Å². The molecule has 1 aromatic carbocycles. The summed E-state index contributed by atoms with van der Waals surface area (Å²) in [6.45, 7) is 5.66. The monoisotopic (exact) mass is 491 g/mol. The first kappa shape index (κ1) is 27.5. The lowest BCUT2D eigenvalue weighted by atomic mass is 10.1. The van der Waals surface area contributed by atoms with Crippen LogP contribution in [-0.2, 0) is 25.5 Å². The number of benzene rings is 1. The SMILES string of the molecule is COC(=O)[C@H](CCCCNC(=O)OC(C)(C)C)NC(=O)Cc1cn(C(=O)O)c2ccc(OC)cc12. The normalized spacial score (nSPS) is 12.0. The van der Waals surface area contributed by atoms with Gasteiger partial charge in [-0.2, -0.15) is 0 Å². The van der Waals surface area contributed by atoms with E-state index in [4.69, 9.17) is 14.2 Å². The van der Waals surface area contributed by atoms with Gasteiger partial charge in [0.2, 0.25) is 5.91 Å². The number of alkyl carbamates (subject to hydrolysis) is 1. The molecule has 11 heteroatoms. The molecule has 2 amide bonds. The van der Waals surface area contributed by atoms with E-state index in [9.17, 15) is 24.3 Å². The van der Waals surface area contributed by atoms with Gasteiger partial charge in [-0.1, -0.05) is 0 Å². The molecule has 0 fully saturated rings. The minimum Gasteiger partial charge on any atom is -0.497 e. The molecule has 0 aliphatic rings. The van der Waals surface area contributed by atoms with Crippen LogP contribution < -0.4 is 15.4 Å². The zero-order valence-corrected chi connectivity index (χ0v) is 20.7. The van der Waals surface area contributed by atoms with Crippen molar-refractivity contribution in [2.45, 2.75) is 58.1 Å². The second-order valence-electron chi connectivity index (χ2n) is 8.93. The number of hydrogen-bond donors (Lipinski definition) is 3. The summed E-state index contributed by atoms with van der Waals surface area (Å²) in [5.74, 6) is -0.526. The Hall–Kier alpha value is -3.76. The number of hydrogen-bond acceptors (Lipinski definition) is 7. The van der Waals surface area contributed by atoms with E-state index in [2.05, 4.69) is 10.6 Å². The van der Waals surface area contributed by atoms with Crippen LogP contribution in [0.2, 0.25) is 0 Å². The summed E-state index contributed by atoms with van der Waals surface area (Å²) in [5, 5.41) is 15.3. The molecule has 11 nitrogen and oxygen atoms in total. The number of carbonyl (C=O) groups is 4. The molecule has 0 saturated heterocycles. The van der Waals surface area contributed by atoms with Gasteiger partial charge in [-0.05, 0) is 63.8 Å². The number of carbonyl (C=O) groups excluding carboxylic acids is 3. The average molecular weight is 492 g/mol. The molecule has 0 radical (unpaired) electrons. The summed E-state index contributed by atoms with van der Waals surface area (Å²) in [6, 6.07) is 4.02. The molecule has 2 rings (SSSR count). The third-order valence-electron chi connectivity index (χ3n) is 5.06. The lowest BCUT2D eigenvalue weighted by Crippen LogP contribution is -2.42. The Morgan fingerprint density at radius 2 is 1.83 bits per heavy atom. The highest BCUT2D eigenvalue weighted by Crippen LogP contribution is 2.26. The Balaban J connectivity index is 1.99. The van der Waals surface area contributed by atoms with Crippen molar-refractivity contribution >= 4 is 35.0 Å². The Kier molecular flexibility index (Phi) is 9.50. The van der Waals surface area contributed by atoms with Gasteiger partial charge >= 0.3 is 18.2 Å². The number of ether oxygens (including phenoxy) is 3. The Labute approximate surface area is 203 Å². The van der Waals surface area contributed by atoms with E-state index in [-0.39, 0.29) is 6.42 Å². The first-order valence-electron chi connectivity index (χ1n) is 11.2. The molecule has 0 aliphatic carbocycles. The number of nitrogens with one attached hydrogen (secondary N) is 2. The highest BCUT2D eigenvalue weighted by atomic mass is 16.6.